The molecule has 0 spiro atoms. The maximum absolute atomic E-state index is 13.5. The molecule has 1 amide bonds. The Morgan fingerprint density at radius 1 is 1.20 bits per heavy atom. The number of hydrogen-bond donors (Lipinski definition) is 2. The molecule has 0 heterocycles. The van der Waals surface area contributed by atoms with Crippen molar-refractivity contribution < 1.29 is 18.0 Å². The van der Waals surface area contributed by atoms with Crippen LogP contribution in [0.2, 0.25) is 0 Å². The van der Waals surface area contributed by atoms with Crippen LogP contribution in [-0.2, 0) is 0 Å². The Hall–Kier alpha value is -1.56. The van der Waals surface area contributed by atoms with E-state index < -0.39 is 28.9 Å². The van der Waals surface area contributed by atoms with Crippen molar-refractivity contribution in [3.05, 3.63) is 35.1 Å². The molecule has 3 N–H and O–H groups in total. The van der Waals surface area contributed by atoms with E-state index in [9.17, 15) is 18.0 Å². The molecule has 1 aromatic carbocycles. The lowest BCUT2D eigenvalue weighted by molar-refractivity contribution is 0.0919. The quantitative estimate of drug-likeness (QED) is 0.845. The average Bonchev–Trinajstić information content (AvgIpc) is 2.39. The van der Waals surface area contributed by atoms with Crippen LogP contribution in [0.25, 0.3) is 0 Å². The van der Waals surface area contributed by atoms with E-state index in [1.54, 1.807) is 0 Å². The van der Waals surface area contributed by atoms with Crippen LogP contribution in [0, 0.1) is 22.9 Å². The number of hydrogen-bond acceptors (Lipinski definition) is 2. The molecule has 0 saturated carbocycles. The fraction of sp³-hybridized carbons (Fsp3) is 0.500. The molecule has 0 aliphatic heterocycles. The van der Waals surface area contributed by atoms with Gasteiger partial charge in [-0.25, -0.2) is 13.2 Å². The first-order valence-corrected chi connectivity index (χ1v) is 6.52. The number of carbonyl (C=O) groups is 1. The van der Waals surface area contributed by atoms with Gasteiger partial charge >= 0.3 is 0 Å². The van der Waals surface area contributed by atoms with E-state index >= 15 is 0 Å². The normalized spacial score (nSPS) is 11.5. The predicted molar refractivity (Wildman–Crippen MR) is 70.7 cm³/mol. The number of carbonyl (C=O) groups excluding carboxylic acids is 1. The molecular weight excluding hydrogens is 269 g/mol. The highest BCUT2D eigenvalue weighted by Gasteiger charge is 2.26. The number of rotatable bonds is 6. The van der Waals surface area contributed by atoms with Crippen molar-refractivity contribution in [1.29, 1.82) is 0 Å². The van der Waals surface area contributed by atoms with Crippen molar-refractivity contribution in [1.82, 2.24) is 5.32 Å². The van der Waals surface area contributed by atoms with Crippen LogP contribution < -0.4 is 11.1 Å². The van der Waals surface area contributed by atoms with E-state index in [1.165, 1.54) is 0 Å². The molecule has 0 bridgehead atoms. The lowest BCUT2D eigenvalue weighted by Gasteiger charge is -2.30. The van der Waals surface area contributed by atoms with Gasteiger partial charge in [0.15, 0.2) is 0 Å². The van der Waals surface area contributed by atoms with Crippen molar-refractivity contribution in [2.24, 2.45) is 11.1 Å². The van der Waals surface area contributed by atoms with Crippen LogP contribution >= 0.6 is 0 Å². The number of nitrogens with one attached hydrogen (secondary N) is 1. The number of halogens is 3. The minimum absolute atomic E-state index is 0.214. The zero-order chi connectivity index (χ0) is 15.3. The Morgan fingerprint density at radius 2 is 1.70 bits per heavy atom. The molecule has 0 unspecified atom stereocenters. The Morgan fingerprint density at radius 3 is 2.10 bits per heavy atom. The largest absolute Gasteiger partial charge is 0.351 e. The van der Waals surface area contributed by atoms with Crippen molar-refractivity contribution in [3.8, 4) is 0 Å². The van der Waals surface area contributed by atoms with Gasteiger partial charge in [-0.1, -0.05) is 13.8 Å². The first kappa shape index (κ1) is 16.5. The van der Waals surface area contributed by atoms with E-state index in [4.69, 9.17) is 5.73 Å². The molecule has 112 valence electrons. The average molecular weight is 288 g/mol. The minimum Gasteiger partial charge on any atom is -0.351 e. The van der Waals surface area contributed by atoms with Crippen molar-refractivity contribution in [2.75, 3.05) is 13.1 Å². The molecule has 6 heteroatoms. The maximum Gasteiger partial charge on any atom is 0.257 e. The Bertz CT molecular complexity index is 456. The van der Waals surface area contributed by atoms with Crippen LogP contribution in [0.15, 0.2) is 12.1 Å². The van der Waals surface area contributed by atoms with Crippen LogP contribution in [0.4, 0.5) is 13.2 Å². The Kier molecular flexibility index (Phi) is 5.56. The minimum atomic E-state index is -1.22. The molecule has 0 radical (unpaired) electrons. The summed E-state index contributed by atoms with van der Waals surface area (Å²) in [4.78, 5) is 11.8. The summed E-state index contributed by atoms with van der Waals surface area (Å²) >= 11 is 0. The standard InChI is InChI=1S/C14H19F3N2O/c1-3-14(4-2,7-18)8-19-13(20)12-10(16)5-9(15)6-11(12)17/h5-6H,3-4,7-8,18H2,1-2H3,(H,19,20). The zero-order valence-electron chi connectivity index (χ0n) is 11.6. The molecular formula is C14H19F3N2O. The van der Waals surface area contributed by atoms with E-state index in [0.717, 1.165) is 12.8 Å². The number of amides is 1. The second-order valence-electron chi connectivity index (χ2n) is 4.84. The van der Waals surface area contributed by atoms with E-state index in [-0.39, 0.29) is 12.0 Å². The lowest BCUT2D eigenvalue weighted by Crippen LogP contribution is -2.42. The monoisotopic (exact) mass is 288 g/mol. The zero-order valence-corrected chi connectivity index (χ0v) is 11.6. The number of nitrogens with two attached hydrogens (primary N) is 1. The van der Waals surface area contributed by atoms with Crippen LogP contribution in [0.5, 0.6) is 0 Å². The van der Waals surface area contributed by atoms with Crippen molar-refractivity contribution in [3.63, 3.8) is 0 Å². The molecule has 0 aromatic heterocycles. The molecule has 0 saturated heterocycles. The molecule has 0 fully saturated rings. The van der Waals surface area contributed by atoms with Gasteiger partial charge in [-0.2, -0.15) is 0 Å². The SMILES string of the molecule is CCC(CC)(CN)CNC(=O)c1c(F)cc(F)cc1F. The summed E-state index contributed by atoms with van der Waals surface area (Å²) in [6.45, 7) is 4.43. The molecule has 0 aliphatic carbocycles. The maximum atomic E-state index is 13.5. The van der Waals surface area contributed by atoms with Gasteiger partial charge < -0.3 is 11.1 Å². The first-order chi connectivity index (χ1) is 9.39. The summed E-state index contributed by atoms with van der Waals surface area (Å²) in [5.41, 5.74) is 4.61. The van der Waals surface area contributed by atoms with Gasteiger partial charge in [-0.3, -0.25) is 4.79 Å². The van der Waals surface area contributed by atoms with E-state index in [0.29, 0.717) is 18.7 Å². The third kappa shape index (κ3) is 3.50. The van der Waals surface area contributed by atoms with Gasteiger partial charge in [-0.05, 0) is 24.8 Å². The second kappa shape index (κ2) is 6.74. The molecule has 1 aromatic rings. The fourth-order valence-electron chi connectivity index (χ4n) is 1.98. The summed E-state index contributed by atoms with van der Waals surface area (Å²) < 4.78 is 39.7. The Balaban J connectivity index is 2.88. The van der Waals surface area contributed by atoms with Gasteiger partial charge in [0.25, 0.3) is 5.91 Å². The smallest absolute Gasteiger partial charge is 0.257 e. The van der Waals surface area contributed by atoms with Gasteiger partial charge in [-0.15, -0.1) is 0 Å². The first-order valence-electron chi connectivity index (χ1n) is 6.52. The highest BCUT2D eigenvalue weighted by Crippen LogP contribution is 2.24. The van der Waals surface area contributed by atoms with Crippen LogP contribution in [0.3, 0.4) is 0 Å². The topological polar surface area (TPSA) is 55.1 Å². The summed E-state index contributed by atoms with van der Waals surface area (Å²) in [5, 5.41) is 2.47. The van der Waals surface area contributed by atoms with Gasteiger partial charge in [0.2, 0.25) is 0 Å². The Labute approximate surface area is 116 Å². The predicted octanol–water partition coefficient (Wildman–Crippen LogP) is 2.60. The number of benzene rings is 1. The summed E-state index contributed by atoms with van der Waals surface area (Å²) in [6, 6.07) is 0.960. The third-order valence-electron chi connectivity index (χ3n) is 3.79. The highest BCUT2D eigenvalue weighted by molar-refractivity contribution is 5.94. The second-order valence-corrected chi connectivity index (χ2v) is 4.84. The summed E-state index contributed by atoms with van der Waals surface area (Å²) in [6.07, 6.45) is 1.46. The summed E-state index contributed by atoms with van der Waals surface area (Å²) in [5.74, 6) is -4.40. The van der Waals surface area contributed by atoms with Gasteiger partial charge in [0, 0.05) is 18.7 Å². The molecule has 3 nitrogen and oxygen atoms in total. The fourth-order valence-corrected chi connectivity index (χ4v) is 1.98. The van der Waals surface area contributed by atoms with Crippen molar-refractivity contribution >= 4 is 5.91 Å². The van der Waals surface area contributed by atoms with E-state index in [2.05, 4.69) is 5.32 Å². The molecule has 0 aliphatic rings. The van der Waals surface area contributed by atoms with Gasteiger partial charge in [0.05, 0.1) is 0 Å². The van der Waals surface area contributed by atoms with Gasteiger partial charge in [0.1, 0.15) is 23.0 Å². The molecule has 1 rings (SSSR count). The summed E-state index contributed by atoms with van der Waals surface area (Å²) in [7, 11) is 0. The third-order valence-corrected chi connectivity index (χ3v) is 3.79. The van der Waals surface area contributed by atoms with Crippen LogP contribution in [-0.4, -0.2) is 19.0 Å². The van der Waals surface area contributed by atoms with Crippen molar-refractivity contribution in [2.45, 2.75) is 26.7 Å². The van der Waals surface area contributed by atoms with E-state index in [1.807, 2.05) is 13.8 Å². The lowest BCUT2D eigenvalue weighted by atomic mass is 9.82. The van der Waals surface area contributed by atoms with Crippen LogP contribution in [0.1, 0.15) is 37.0 Å². The highest BCUT2D eigenvalue weighted by atomic mass is 19.1. The molecule has 20 heavy (non-hydrogen) atoms. The molecule has 0 atom stereocenters.